The van der Waals surface area contributed by atoms with E-state index in [1.165, 1.54) is 30.3 Å². The molecule has 4 nitrogen and oxygen atoms in total. The van der Waals surface area contributed by atoms with Crippen molar-refractivity contribution in [2.75, 3.05) is 6.54 Å². The number of rotatable bonds is 6. The number of nitrogens with one attached hydrogen (secondary N) is 1. The summed E-state index contributed by atoms with van der Waals surface area (Å²) in [6.45, 7) is -2.99. The number of aliphatic hydroxyl groups excluding tert-OH is 1. The summed E-state index contributed by atoms with van der Waals surface area (Å²) >= 11 is 11.7. The SMILES string of the molecule is O=C(NCC(O)c1cc(Cl)cc(Cl)c1)c1ccc(OC(F)F)cc1. The van der Waals surface area contributed by atoms with Crippen molar-refractivity contribution < 1.29 is 23.4 Å². The maximum Gasteiger partial charge on any atom is 0.387 e. The van der Waals surface area contributed by atoms with Crippen LogP contribution in [0.1, 0.15) is 22.0 Å². The van der Waals surface area contributed by atoms with Crippen LogP contribution in [0.3, 0.4) is 0 Å². The van der Waals surface area contributed by atoms with E-state index in [9.17, 15) is 18.7 Å². The maximum absolute atomic E-state index is 12.1. The van der Waals surface area contributed by atoms with E-state index in [1.807, 2.05) is 0 Å². The van der Waals surface area contributed by atoms with E-state index in [4.69, 9.17) is 23.2 Å². The Labute approximate surface area is 147 Å². The standard InChI is InChI=1S/C16H13Cl2F2NO3/c17-11-5-10(6-12(18)7-11)14(22)8-21-15(23)9-1-3-13(4-2-9)24-16(19)20/h1-7,14,16,22H,8H2,(H,21,23). The molecule has 2 aromatic rings. The molecule has 0 bridgehead atoms. The highest BCUT2D eigenvalue weighted by Gasteiger charge is 2.13. The third kappa shape index (κ3) is 5.33. The topological polar surface area (TPSA) is 58.6 Å². The fourth-order valence-corrected chi connectivity index (χ4v) is 2.51. The molecule has 0 heterocycles. The molecule has 0 aliphatic rings. The normalized spacial score (nSPS) is 12.1. The predicted molar refractivity (Wildman–Crippen MR) is 86.8 cm³/mol. The van der Waals surface area contributed by atoms with Gasteiger partial charge in [-0.3, -0.25) is 4.79 Å². The van der Waals surface area contributed by atoms with Crippen LogP contribution >= 0.6 is 23.2 Å². The molecule has 24 heavy (non-hydrogen) atoms. The number of carbonyl (C=O) groups is 1. The van der Waals surface area contributed by atoms with Gasteiger partial charge in [0.2, 0.25) is 0 Å². The van der Waals surface area contributed by atoms with Crippen LogP contribution in [0, 0.1) is 0 Å². The minimum Gasteiger partial charge on any atom is -0.435 e. The molecule has 8 heteroatoms. The molecule has 0 radical (unpaired) electrons. The average molecular weight is 376 g/mol. The highest BCUT2D eigenvalue weighted by molar-refractivity contribution is 6.34. The summed E-state index contributed by atoms with van der Waals surface area (Å²) in [6, 6.07) is 9.82. The van der Waals surface area contributed by atoms with Crippen molar-refractivity contribution in [3.8, 4) is 5.75 Å². The highest BCUT2D eigenvalue weighted by atomic mass is 35.5. The van der Waals surface area contributed by atoms with Crippen LogP contribution in [0.4, 0.5) is 8.78 Å². The fourth-order valence-electron chi connectivity index (χ4n) is 1.96. The monoisotopic (exact) mass is 375 g/mol. The Morgan fingerprint density at radius 2 is 1.71 bits per heavy atom. The van der Waals surface area contributed by atoms with Crippen molar-refractivity contribution in [1.82, 2.24) is 5.32 Å². The third-order valence-corrected chi connectivity index (χ3v) is 3.50. The van der Waals surface area contributed by atoms with Crippen LogP contribution in [0.5, 0.6) is 5.75 Å². The van der Waals surface area contributed by atoms with E-state index in [1.54, 1.807) is 12.1 Å². The van der Waals surface area contributed by atoms with E-state index in [2.05, 4.69) is 10.1 Å². The van der Waals surface area contributed by atoms with Crippen LogP contribution in [-0.2, 0) is 0 Å². The average Bonchev–Trinajstić information content (AvgIpc) is 2.51. The summed E-state index contributed by atoms with van der Waals surface area (Å²) < 4.78 is 28.3. The van der Waals surface area contributed by atoms with Gasteiger partial charge < -0.3 is 15.2 Å². The molecule has 0 aliphatic carbocycles. The molecule has 0 aromatic heterocycles. The zero-order valence-corrected chi connectivity index (χ0v) is 13.7. The van der Waals surface area contributed by atoms with Crippen molar-refractivity contribution in [2.24, 2.45) is 0 Å². The fraction of sp³-hybridized carbons (Fsp3) is 0.188. The molecule has 0 saturated carbocycles. The molecule has 2 rings (SSSR count). The first-order valence-corrected chi connectivity index (χ1v) is 7.58. The molecule has 1 atom stereocenters. The number of ether oxygens (including phenoxy) is 1. The minimum atomic E-state index is -2.93. The second kappa shape index (κ2) is 8.28. The lowest BCUT2D eigenvalue weighted by atomic mass is 10.1. The van der Waals surface area contributed by atoms with Gasteiger partial charge in [0.25, 0.3) is 5.91 Å². The second-order valence-corrected chi connectivity index (χ2v) is 5.70. The first-order chi connectivity index (χ1) is 11.3. The van der Waals surface area contributed by atoms with E-state index >= 15 is 0 Å². The van der Waals surface area contributed by atoms with Gasteiger partial charge in [-0.05, 0) is 48.0 Å². The molecule has 1 unspecified atom stereocenters. The zero-order chi connectivity index (χ0) is 17.7. The van der Waals surface area contributed by atoms with Crippen LogP contribution in [0.25, 0.3) is 0 Å². The van der Waals surface area contributed by atoms with Crippen molar-refractivity contribution in [2.45, 2.75) is 12.7 Å². The van der Waals surface area contributed by atoms with Gasteiger partial charge in [0.1, 0.15) is 5.75 Å². The Morgan fingerprint density at radius 1 is 1.12 bits per heavy atom. The van der Waals surface area contributed by atoms with Crippen LogP contribution < -0.4 is 10.1 Å². The largest absolute Gasteiger partial charge is 0.435 e. The first-order valence-electron chi connectivity index (χ1n) is 6.82. The predicted octanol–water partition coefficient (Wildman–Crippen LogP) is 4.06. The van der Waals surface area contributed by atoms with Gasteiger partial charge >= 0.3 is 6.61 Å². The molecule has 2 N–H and O–H groups in total. The van der Waals surface area contributed by atoms with Crippen molar-refractivity contribution >= 4 is 29.1 Å². The summed E-state index contributed by atoms with van der Waals surface area (Å²) in [7, 11) is 0. The summed E-state index contributed by atoms with van der Waals surface area (Å²) in [6.07, 6.45) is -0.994. The van der Waals surface area contributed by atoms with Gasteiger partial charge in [-0.25, -0.2) is 0 Å². The minimum absolute atomic E-state index is 0.0462. The first kappa shape index (κ1) is 18.4. The lowest BCUT2D eigenvalue weighted by Crippen LogP contribution is -2.28. The zero-order valence-electron chi connectivity index (χ0n) is 12.2. The van der Waals surface area contributed by atoms with Gasteiger partial charge in [-0.2, -0.15) is 8.78 Å². The summed E-state index contributed by atoms with van der Waals surface area (Å²) in [5.41, 5.74) is 0.710. The molecule has 0 saturated heterocycles. The summed E-state index contributed by atoms with van der Waals surface area (Å²) in [5, 5.41) is 13.4. The second-order valence-electron chi connectivity index (χ2n) is 4.83. The van der Waals surface area contributed by atoms with Gasteiger partial charge in [0.15, 0.2) is 0 Å². The van der Waals surface area contributed by atoms with E-state index in [-0.39, 0.29) is 17.9 Å². The molecule has 128 valence electrons. The number of hydrogen-bond donors (Lipinski definition) is 2. The lowest BCUT2D eigenvalue weighted by Gasteiger charge is -2.13. The molecular formula is C16H13Cl2F2NO3. The van der Waals surface area contributed by atoms with Crippen LogP contribution in [-0.4, -0.2) is 24.2 Å². The van der Waals surface area contributed by atoms with Gasteiger partial charge in [0, 0.05) is 22.2 Å². The van der Waals surface area contributed by atoms with Gasteiger partial charge in [0.05, 0.1) is 6.10 Å². The van der Waals surface area contributed by atoms with E-state index in [0.29, 0.717) is 15.6 Å². The van der Waals surface area contributed by atoms with Gasteiger partial charge in [-0.1, -0.05) is 23.2 Å². The Morgan fingerprint density at radius 3 is 2.25 bits per heavy atom. The number of carbonyl (C=O) groups excluding carboxylic acids is 1. The Hall–Kier alpha value is -1.89. The van der Waals surface area contributed by atoms with Crippen molar-refractivity contribution in [3.63, 3.8) is 0 Å². The van der Waals surface area contributed by atoms with E-state index in [0.717, 1.165) is 0 Å². The van der Waals surface area contributed by atoms with Crippen molar-refractivity contribution in [3.05, 3.63) is 63.6 Å². The number of hydrogen-bond acceptors (Lipinski definition) is 3. The molecule has 0 spiro atoms. The highest BCUT2D eigenvalue weighted by Crippen LogP contribution is 2.23. The molecule has 1 amide bonds. The molecule has 0 fully saturated rings. The van der Waals surface area contributed by atoms with Crippen LogP contribution in [0.15, 0.2) is 42.5 Å². The Kier molecular flexibility index (Phi) is 6.36. The number of benzene rings is 2. The summed E-state index contributed by atoms with van der Waals surface area (Å²) in [4.78, 5) is 12.0. The lowest BCUT2D eigenvalue weighted by molar-refractivity contribution is -0.0498. The summed E-state index contributed by atoms with van der Waals surface area (Å²) in [5.74, 6) is -0.513. The maximum atomic E-state index is 12.1. The number of aliphatic hydroxyl groups is 1. The number of alkyl halides is 2. The Bertz CT molecular complexity index is 691. The third-order valence-electron chi connectivity index (χ3n) is 3.07. The Balaban J connectivity index is 1.94. The van der Waals surface area contributed by atoms with Crippen molar-refractivity contribution in [1.29, 1.82) is 0 Å². The smallest absolute Gasteiger partial charge is 0.387 e. The van der Waals surface area contributed by atoms with Crippen LogP contribution in [0.2, 0.25) is 10.0 Å². The number of amides is 1. The molecule has 0 aliphatic heterocycles. The molecular weight excluding hydrogens is 363 g/mol. The number of halogens is 4. The van der Waals surface area contributed by atoms with Gasteiger partial charge in [-0.15, -0.1) is 0 Å². The quantitative estimate of drug-likeness (QED) is 0.800. The van der Waals surface area contributed by atoms with E-state index < -0.39 is 18.6 Å². The molecule has 2 aromatic carbocycles.